The van der Waals surface area contributed by atoms with E-state index >= 15 is 0 Å². The van der Waals surface area contributed by atoms with E-state index in [0.717, 1.165) is 40.5 Å². The van der Waals surface area contributed by atoms with Crippen molar-refractivity contribution in [2.24, 2.45) is 0 Å². The van der Waals surface area contributed by atoms with E-state index in [1.165, 1.54) is 55.7 Å². The molecule has 4 nitrogen and oxygen atoms in total. The summed E-state index contributed by atoms with van der Waals surface area (Å²) >= 11 is 5.78. The smallest absolute Gasteiger partial charge is 0.0435 e. The number of likely N-dealkylation sites (tertiary alicyclic amines) is 1. The van der Waals surface area contributed by atoms with Gasteiger partial charge in [0.15, 0.2) is 0 Å². The van der Waals surface area contributed by atoms with Crippen LogP contribution in [0.1, 0.15) is 71.4 Å². The predicted octanol–water partition coefficient (Wildman–Crippen LogP) is 11.6. The zero-order valence-electron chi connectivity index (χ0n) is 31.6. The molecule has 5 heteroatoms. The summed E-state index contributed by atoms with van der Waals surface area (Å²) in [5, 5.41) is 6.96. The summed E-state index contributed by atoms with van der Waals surface area (Å²) in [7, 11) is 6.15. The zero-order valence-corrected chi connectivity index (χ0v) is 32.3. The minimum Gasteiger partial charge on any atom is -0.392 e. The molecule has 1 heterocycles. The van der Waals surface area contributed by atoms with Gasteiger partial charge in [-0.05, 0) is 109 Å². The molecule has 0 atom stereocenters. The molecular weight excluding hydrogens is 596 g/mol. The summed E-state index contributed by atoms with van der Waals surface area (Å²) in [4.78, 5) is 4.79. The Bertz CT molecular complexity index is 1190. The van der Waals surface area contributed by atoms with Gasteiger partial charge in [0, 0.05) is 42.2 Å². The van der Waals surface area contributed by atoms with Crippen LogP contribution in [0.15, 0.2) is 110 Å². The molecule has 2 N–H and O–H groups in total. The molecule has 1 aliphatic rings. The van der Waals surface area contributed by atoms with Gasteiger partial charge in [0.1, 0.15) is 0 Å². The van der Waals surface area contributed by atoms with Gasteiger partial charge in [-0.25, -0.2) is 0 Å². The van der Waals surface area contributed by atoms with Crippen LogP contribution >= 0.6 is 11.6 Å². The average molecular weight is 663 g/mol. The Morgan fingerprint density at radius 1 is 0.894 bits per heavy atom. The van der Waals surface area contributed by atoms with Crippen molar-refractivity contribution in [3.8, 4) is 11.1 Å². The van der Waals surface area contributed by atoms with Gasteiger partial charge < -0.3 is 20.4 Å². The maximum absolute atomic E-state index is 5.78. The number of nitrogens with one attached hydrogen (secondary N) is 2. The number of hydrogen-bond acceptors (Lipinski definition) is 4. The topological polar surface area (TPSA) is 30.5 Å². The third kappa shape index (κ3) is 25.5. The monoisotopic (exact) mass is 663 g/mol. The van der Waals surface area contributed by atoms with Gasteiger partial charge in [0.05, 0.1) is 0 Å². The highest BCUT2D eigenvalue weighted by Gasteiger charge is 2.10. The maximum Gasteiger partial charge on any atom is 0.0435 e. The quantitative estimate of drug-likeness (QED) is 0.223. The summed E-state index contributed by atoms with van der Waals surface area (Å²) < 4.78 is 0. The van der Waals surface area contributed by atoms with Gasteiger partial charge >= 0.3 is 0 Å². The van der Waals surface area contributed by atoms with E-state index in [1.807, 2.05) is 59.0 Å². The molecule has 0 radical (unpaired) electrons. The summed E-state index contributed by atoms with van der Waals surface area (Å²) in [5.74, 6) is 0. The molecule has 0 bridgehead atoms. The van der Waals surface area contributed by atoms with Crippen LogP contribution in [0.5, 0.6) is 0 Å². The van der Waals surface area contributed by atoms with Crippen LogP contribution in [-0.4, -0.2) is 57.1 Å². The van der Waals surface area contributed by atoms with Crippen LogP contribution in [0, 0.1) is 13.8 Å². The van der Waals surface area contributed by atoms with E-state index in [9.17, 15) is 0 Å². The molecule has 4 rings (SSSR count). The lowest BCUT2D eigenvalue weighted by Gasteiger charge is -2.17. The van der Waals surface area contributed by atoms with Crippen LogP contribution in [0.25, 0.3) is 11.1 Å². The molecular formula is C42H67ClN4. The molecule has 1 saturated heterocycles. The lowest BCUT2D eigenvalue weighted by atomic mass is 10.1. The number of likely N-dealkylation sites (N-methyl/N-ethyl adjacent to an activating group) is 1. The zero-order chi connectivity index (χ0) is 36.0. The Kier molecular flexibility index (Phi) is 29.3. The van der Waals surface area contributed by atoms with Gasteiger partial charge in [-0.1, -0.05) is 119 Å². The number of benzene rings is 3. The number of hydrogen-bond donors (Lipinski definition) is 2. The van der Waals surface area contributed by atoms with Crippen molar-refractivity contribution < 1.29 is 0 Å². The molecule has 0 saturated carbocycles. The fraction of sp³-hybridized carbons (Fsp3) is 0.429. The lowest BCUT2D eigenvalue weighted by Crippen LogP contribution is -2.29. The summed E-state index contributed by atoms with van der Waals surface area (Å²) in [6.07, 6.45) is 6.80. The van der Waals surface area contributed by atoms with Gasteiger partial charge in [-0.3, -0.25) is 0 Å². The predicted molar refractivity (Wildman–Crippen MR) is 216 cm³/mol. The first-order chi connectivity index (χ1) is 22.5. The molecule has 0 aliphatic carbocycles. The van der Waals surface area contributed by atoms with E-state index in [-0.39, 0.29) is 0 Å². The highest BCUT2D eigenvalue weighted by Crippen LogP contribution is 2.21. The molecule has 0 aromatic heterocycles. The van der Waals surface area contributed by atoms with Crippen LogP contribution < -0.4 is 10.6 Å². The molecule has 0 spiro atoms. The van der Waals surface area contributed by atoms with Crippen molar-refractivity contribution in [1.29, 1.82) is 0 Å². The van der Waals surface area contributed by atoms with E-state index in [2.05, 4.69) is 130 Å². The summed E-state index contributed by atoms with van der Waals surface area (Å²) in [6, 6.07) is 24.7. The lowest BCUT2D eigenvalue weighted by molar-refractivity contribution is 0.284. The maximum atomic E-state index is 5.78. The van der Waals surface area contributed by atoms with Crippen LogP contribution in [-0.2, 0) is 0 Å². The Balaban J connectivity index is 0. The van der Waals surface area contributed by atoms with Crippen molar-refractivity contribution in [3.63, 3.8) is 0 Å². The average Bonchev–Trinajstić information content (AvgIpc) is 3.62. The van der Waals surface area contributed by atoms with Gasteiger partial charge in [-0.2, -0.15) is 0 Å². The molecule has 3 aromatic rings. The fourth-order valence-electron chi connectivity index (χ4n) is 3.94. The molecule has 3 aromatic carbocycles. The minimum atomic E-state index is 0.848. The molecule has 0 amide bonds. The van der Waals surface area contributed by atoms with Crippen LogP contribution in [0.3, 0.4) is 0 Å². The number of halogens is 1. The second kappa shape index (κ2) is 30.1. The normalized spacial score (nSPS) is 11.2. The standard InChI is InChI=1S/C15H15N.C8H9Cl.C8H18N2.C5H11N.C4H8.C2H6/c1-12(2)16-15-10-8-14(9-11-15)13-6-4-3-5-7-13;1-6-3-4-8(9)7(2)5-6;1-9(2)7-8-10-5-3-4-6-10;1-4-5(2)6-3;1-3-4-2;1-2/h3-11,16H,1H2,2H3;3-5H,1-2H3;3-8H2,1-2H3;6H,2,4H2,1,3H3;3H,1,4H2,2H3;1-2H3. The first-order valence-electron chi connectivity index (χ1n) is 17.1. The Labute approximate surface area is 295 Å². The third-order valence-corrected chi connectivity index (χ3v) is 7.22. The van der Waals surface area contributed by atoms with Crippen molar-refractivity contribution in [2.75, 3.05) is 52.6 Å². The second-order valence-electron chi connectivity index (χ2n) is 11.4. The summed E-state index contributed by atoms with van der Waals surface area (Å²) in [6.45, 7) is 30.2. The minimum absolute atomic E-state index is 0.848. The molecule has 0 unspecified atom stereocenters. The number of allylic oxidation sites excluding steroid dienone is 3. The largest absolute Gasteiger partial charge is 0.392 e. The molecule has 1 fully saturated rings. The van der Waals surface area contributed by atoms with Crippen LogP contribution in [0.4, 0.5) is 5.69 Å². The SMILES string of the molecule is C=C(C)Nc1ccc(-c2ccccc2)cc1.C=C(CC)NC.C=CCC.CC.CN(C)CCN1CCCC1.Cc1ccc(Cl)c(C)c1. The highest BCUT2D eigenvalue weighted by molar-refractivity contribution is 6.31. The Hall–Kier alpha value is -3.31. The van der Waals surface area contributed by atoms with Gasteiger partial charge in [-0.15, -0.1) is 6.58 Å². The fourth-order valence-corrected chi connectivity index (χ4v) is 4.06. The number of nitrogens with zero attached hydrogens (tertiary/aromatic N) is 2. The molecule has 262 valence electrons. The van der Waals surface area contributed by atoms with Crippen LogP contribution in [0.2, 0.25) is 5.02 Å². The number of anilines is 1. The van der Waals surface area contributed by atoms with Crippen molar-refractivity contribution in [3.05, 3.63) is 126 Å². The van der Waals surface area contributed by atoms with E-state index < -0.39 is 0 Å². The number of rotatable bonds is 9. The van der Waals surface area contributed by atoms with Crippen molar-refractivity contribution in [1.82, 2.24) is 15.1 Å². The van der Waals surface area contributed by atoms with E-state index in [4.69, 9.17) is 11.6 Å². The highest BCUT2D eigenvalue weighted by atomic mass is 35.5. The first-order valence-corrected chi connectivity index (χ1v) is 17.5. The van der Waals surface area contributed by atoms with E-state index in [1.54, 1.807) is 0 Å². The second-order valence-corrected chi connectivity index (χ2v) is 11.8. The van der Waals surface area contributed by atoms with Crippen molar-refractivity contribution in [2.45, 2.75) is 74.1 Å². The third-order valence-electron chi connectivity index (χ3n) is 6.79. The van der Waals surface area contributed by atoms with Gasteiger partial charge in [0.25, 0.3) is 0 Å². The summed E-state index contributed by atoms with van der Waals surface area (Å²) in [5.41, 5.74) is 8.00. The van der Waals surface area contributed by atoms with E-state index in [0.29, 0.717) is 0 Å². The van der Waals surface area contributed by atoms with Gasteiger partial charge in [0.2, 0.25) is 0 Å². The number of aryl methyl sites for hydroxylation is 2. The Morgan fingerprint density at radius 2 is 1.43 bits per heavy atom. The molecule has 47 heavy (non-hydrogen) atoms. The first kappa shape index (κ1) is 45.8. The Morgan fingerprint density at radius 3 is 1.81 bits per heavy atom. The van der Waals surface area contributed by atoms with Crippen molar-refractivity contribution >= 4 is 17.3 Å². The molecule has 1 aliphatic heterocycles.